The van der Waals surface area contributed by atoms with Crippen molar-refractivity contribution in [1.82, 2.24) is 4.72 Å². The van der Waals surface area contributed by atoms with Gasteiger partial charge < -0.3 is 4.74 Å². The van der Waals surface area contributed by atoms with Gasteiger partial charge >= 0.3 is 0 Å². The summed E-state index contributed by atoms with van der Waals surface area (Å²) >= 11 is 0. The van der Waals surface area contributed by atoms with Crippen LogP contribution in [0.1, 0.15) is 19.8 Å². The van der Waals surface area contributed by atoms with Crippen LogP contribution in [0.3, 0.4) is 0 Å². The summed E-state index contributed by atoms with van der Waals surface area (Å²) in [6.45, 7) is 1.93. The van der Waals surface area contributed by atoms with E-state index in [0.29, 0.717) is 6.10 Å². The maximum atomic E-state index is 11.2. The van der Waals surface area contributed by atoms with Crippen LogP contribution in [0, 0.1) is 5.92 Å². The predicted octanol–water partition coefficient (Wildman–Crippen LogP) is 0.645. The molecule has 2 atom stereocenters. The summed E-state index contributed by atoms with van der Waals surface area (Å²) in [5.74, 6) is 0.763. The first-order chi connectivity index (χ1) is 7.46. The smallest absolute Gasteiger partial charge is 0.209 e. The second-order valence-electron chi connectivity index (χ2n) is 4.35. The fraction of sp³-hybridized carbons (Fsp3) is 0.700. The molecule has 1 aliphatic heterocycles. The quantitative estimate of drug-likeness (QED) is 0.789. The largest absolute Gasteiger partial charge is 0.493 e. The Bertz CT molecular complexity index is 423. The molecule has 0 spiro atoms. The number of nitrogens with one attached hydrogen (secondary N) is 1. The molecule has 2 rings (SSSR count). The number of aliphatic imine (C=N–C) groups is 1. The Kier molecular flexibility index (Phi) is 3.03. The average Bonchev–Trinajstić information content (AvgIpc) is 2.93. The summed E-state index contributed by atoms with van der Waals surface area (Å²) in [6, 6.07) is -0.311. The molecule has 0 aromatic heterocycles. The minimum absolute atomic E-state index is 0.00664. The van der Waals surface area contributed by atoms with Gasteiger partial charge in [-0.3, -0.25) is 4.99 Å². The first-order valence-corrected chi connectivity index (χ1v) is 7.22. The average molecular weight is 244 g/mol. The van der Waals surface area contributed by atoms with Crippen molar-refractivity contribution >= 4 is 16.2 Å². The zero-order chi connectivity index (χ0) is 11.8. The molecule has 1 aliphatic carbocycles. The molecule has 1 fully saturated rings. The second kappa shape index (κ2) is 4.18. The van der Waals surface area contributed by atoms with Gasteiger partial charge in [-0.2, -0.15) is 0 Å². The number of hydrogen-bond donors (Lipinski definition) is 1. The number of rotatable bonds is 4. The Hall–Kier alpha value is -0.880. The predicted molar refractivity (Wildman–Crippen MR) is 61.6 cm³/mol. The van der Waals surface area contributed by atoms with Crippen molar-refractivity contribution < 1.29 is 13.2 Å². The number of sulfonamides is 1. The molecule has 90 valence electrons. The Morgan fingerprint density at radius 2 is 2.19 bits per heavy atom. The lowest BCUT2D eigenvalue weighted by molar-refractivity contribution is 0.161. The van der Waals surface area contributed by atoms with E-state index in [0.717, 1.165) is 24.9 Å². The van der Waals surface area contributed by atoms with Crippen molar-refractivity contribution in [3.05, 3.63) is 12.0 Å². The van der Waals surface area contributed by atoms with Crippen molar-refractivity contribution in [3.8, 4) is 0 Å². The summed E-state index contributed by atoms with van der Waals surface area (Å²) in [5.41, 5.74) is 0. The lowest BCUT2D eigenvalue weighted by atomic mass is 10.0. The highest BCUT2D eigenvalue weighted by molar-refractivity contribution is 7.88. The van der Waals surface area contributed by atoms with E-state index in [1.54, 1.807) is 12.4 Å². The molecule has 2 aliphatic rings. The van der Waals surface area contributed by atoms with Gasteiger partial charge in [-0.05, 0) is 12.8 Å². The zero-order valence-electron chi connectivity index (χ0n) is 9.38. The van der Waals surface area contributed by atoms with Gasteiger partial charge in [-0.15, -0.1) is 0 Å². The first kappa shape index (κ1) is 11.6. The molecule has 2 unspecified atom stereocenters. The van der Waals surface area contributed by atoms with Crippen LogP contribution in [-0.4, -0.2) is 33.0 Å². The molecule has 16 heavy (non-hydrogen) atoms. The highest BCUT2D eigenvalue weighted by atomic mass is 32.2. The standard InChI is InChI=1S/C10H16N2O3S/c1-7-9(12-16(2,13)14)5-11-6-10(7)15-8-3-4-8/h5-9,12H,3-4H2,1-2H3. The molecule has 0 aromatic carbocycles. The molecular formula is C10H16N2O3S. The number of hydrogen-bond acceptors (Lipinski definition) is 4. The van der Waals surface area contributed by atoms with Gasteiger partial charge in [0.25, 0.3) is 0 Å². The third-order valence-corrected chi connectivity index (χ3v) is 3.31. The van der Waals surface area contributed by atoms with Crippen molar-refractivity contribution in [1.29, 1.82) is 0 Å². The number of nitrogens with zero attached hydrogens (tertiary/aromatic N) is 1. The topological polar surface area (TPSA) is 67.8 Å². The van der Waals surface area contributed by atoms with Crippen LogP contribution >= 0.6 is 0 Å². The summed E-state index contributed by atoms with van der Waals surface area (Å²) in [5, 5.41) is 0. The van der Waals surface area contributed by atoms with Gasteiger partial charge in [-0.25, -0.2) is 13.1 Å². The summed E-state index contributed by atoms with van der Waals surface area (Å²) in [7, 11) is -3.22. The van der Waals surface area contributed by atoms with E-state index in [9.17, 15) is 8.42 Å². The highest BCUT2D eigenvalue weighted by Gasteiger charge is 2.31. The molecule has 1 N–H and O–H groups in total. The Morgan fingerprint density at radius 3 is 2.75 bits per heavy atom. The monoisotopic (exact) mass is 244 g/mol. The zero-order valence-corrected chi connectivity index (χ0v) is 10.2. The van der Waals surface area contributed by atoms with Crippen molar-refractivity contribution in [2.45, 2.75) is 31.9 Å². The molecule has 0 aromatic rings. The fourth-order valence-corrected chi connectivity index (χ4v) is 2.29. The van der Waals surface area contributed by atoms with E-state index in [-0.39, 0.29) is 12.0 Å². The third-order valence-electron chi connectivity index (χ3n) is 2.61. The molecule has 5 nitrogen and oxygen atoms in total. The number of ether oxygens (including phenoxy) is 1. The maximum absolute atomic E-state index is 11.2. The van der Waals surface area contributed by atoms with E-state index >= 15 is 0 Å². The van der Waals surface area contributed by atoms with Gasteiger partial charge in [0.15, 0.2) is 0 Å². The van der Waals surface area contributed by atoms with Crippen LogP contribution in [0.25, 0.3) is 0 Å². The van der Waals surface area contributed by atoms with E-state index in [4.69, 9.17) is 4.74 Å². The highest BCUT2D eigenvalue weighted by Crippen LogP contribution is 2.30. The van der Waals surface area contributed by atoms with Crippen molar-refractivity contribution in [2.75, 3.05) is 6.26 Å². The molecule has 0 radical (unpaired) electrons. The van der Waals surface area contributed by atoms with Crippen LogP contribution in [-0.2, 0) is 14.8 Å². The lowest BCUT2D eigenvalue weighted by Crippen LogP contribution is -2.42. The summed E-state index contributed by atoms with van der Waals surface area (Å²) in [4.78, 5) is 4.02. The first-order valence-electron chi connectivity index (χ1n) is 5.33. The second-order valence-corrected chi connectivity index (χ2v) is 6.13. The van der Waals surface area contributed by atoms with E-state index < -0.39 is 10.0 Å². The van der Waals surface area contributed by atoms with Crippen LogP contribution in [0.4, 0.5) is 0 Å². The van der Waals surface area contributed by atoms with Crippen LogP contribution < -0.4 is 4.72 Å². The van der Waals surface area contributed by atoms with Gasteiger partial charge in [-0.1, -0.05) is 6.92 Å². The lowest BCUT2D eigenvalue weighted by Gasteiger charge is -2.25. The van der Waals surface area contributed by atoms with E-state index in [2.05, 4.69) is 9.71 Å². The molecule has 0 bridgehead atoms. The van der Waals surface area contributed by atoms with Crippen LogP contribution in [0.15, 0.2) is 17.0 Å². The van der Waals surface area contributed by atoms with E-state index in [1.807, 2.05) is 6.92 Å². The van der Waals surface area contributed by atoms with Gasteiger partial charge in [0.1, 0.15) is 5.76 Å². The SMILES string of the molecule is CC1C(OC2CC2)=CN=CC1NS(C)(=O)=O. The Morgan fingerprint density at radius 1 is 1.50 bits per heavy atom. The Balaban J connectivity index is 2.02. The van der Waals surface area contributed by atoms with Crippen molar-refractivity contribution in [3.63, 3.8) is 0 Å². The third kappa shape index (κ3) is 3.05. The minimum Gasteiger partial charge on any atom is -0.493 e. The summed E-state index contributed by atoms with van der Waals surface area (Å²) in [6.07, 6.45) is 6.89. The Labute approximate surface area is 95.6 Å². The maximum Gasteiger partial charge on any atom is 0.209 e. The molecular weight excluding hydrogens is 228 g/mol. The molecule has 6 heteroatoms. The van der Waals surface area contributed by atoms with Crippen LogP contribution in [0.5, 0.6) is 0 Å². The molecule has 0 amide bonds. The van der Waals surface area contributed by atoms with Gasteiger partial charge in [0, 0.05) is 12.1 Å². The molecule has 0 saturated heterocycles. The normalized spacial score (nSPS) is 30.0. The van der Waals surface area contributed by atoms with Gasteiger partial charge in [0.05, 0.1) is 24.6 Å². The minimum atomic E-state index is -3.22. The molecule has 1 saturated carbocycles. The summed E-state index contributed by atoms with van der Waals surface area (Å²) < 4.78 is 30.5. The molecule has 1 heterocycles. The van der Waals surface area contributed by atoms with Crippen molar-refractivity contribution in [2.24, 2.45) is 10.9 Å². The van der Waals surface area contributed by atoms with Gasteiger partial charge in [0.2, 0.25) is 10.0 Å². The van der Waals surface area contributed by atoms with E-state index in [1.165, 1.54) is 0 Å². The van der Waals surface area contributed by atoms with Crippen LogP contribution in [0.2, 0.25) is 0 Å². The fourth-order valence-electron chi connectivity index (χ4n) is 1.53.